The first-order chi connectivity index (χ1) is 12.5. The van der Waals surface area contributed by atoms with Gasteiger partial charge in [0.25, 0.3) is 5.91 Å². The van der Waals surface area contributed by atoms with E-state index in [0.717, 1.165) is 35.3 Å². The summed E-state index contributed by atoms with van der Waals surface area (Å²) in [6.45, 7) is 5.30. The molecule has 0 unspecified atom stereocenters. The fourth-order valence-electron chi connectivity index (χ4n) is 2.89. The summed E-state index contributed by atoms with van der Waals surface area (Å²) < 4.78 is 2.06. The molecule has 0 spiro atoms. The van der Waals surface area contributed by atoms with Crippen LogP contribution >= 0.6 is 23.2 Å². The standard InChI is InChI=1S/C20H21Cl2N3O/c1-3-4-9-23-20(26)14-6-8-18-19(10-14)25(13(2)24-18)12-15-5-7-16(21)11-17(15)22/h5-8,10-11H,3-4,9,12H2,1-2H3,(H,23,26). The van der Waals surface area contributed by atoms with Gasteiger partial charge in [-0.25, -0.2) is 4.98 Å². The quantitative estimate of drug-likeness (QED) is 0.586. The van der Waals surface area contributed by atoms with Crippen LogP contribution in [0.15, 0.2) is 36.4 Å². The zero-order valence-electron chi connectivity index (χ0n) is 14.9. The fraction of sp³-hybridized carbons (Fsp3) is 0.300. The number of carbonyl (C=O) groups is 1. The SMILES string of the molecule is CCCCNC(=O)c1ccc2nc(C)n(Cc3ccc(Cl)cc3Cl)c2c1. The lowest BCUT2D eigenvalue weighted by Crippen LogP contribution is -2.24. The second kappa shape index (κ2) is 8.11. The first kappa shape index (κ1) is 18.7. The Labute approximate surface area is 163 Å². The lowest BCUT2D eigenvalue weighted by molar-refractivity contribution is 0.0953. The minimum atomic E-state index is -0.0599. The third-order valence-corrected chi connectivity index (χ3v) is 4.95. The summed E-state index contributed by atoms with van der Waals surface area (Å²) in [4.78, 5) is 16.9. The molecule has 0 aliphatic rings. The van der Waals surface area contributed by atoms with Crippen molar-refractivity contribution in [2.75, 3.05) is 6.54 Å². The van der Waals surface area contributed by atoms with Crippen LogP contribution in [-0.4, -0.2) is 22.0 Å². The third kappa shape index (κ3) is 4.02. The molecular formula is C20H21Cl2N3O. The predicted octanol–water partition coefficient (Wildman–Crippen LogP) is 5.23. The first-order valence-electron chi connectivity index (χ1n) is 8.68. The summed E-state index contributed by atoms with van der Waals surface area (Å²) >= 11 is 12.3. The highest BCUT2D eigenvalue weighted by Gasteiger charge is 2.13. The number of nitrogens with one attached hydrogen (secondary N) is 1. The van der Waals surface area contributed by atoms with Crippen molar-refractivity contribution in [2.24, 2.45) is 0 Å². The van der Waals surface area contributed by atoms with Crippen molar-refractivity contribution >= 4 is 40.1 Å². The number of carbonyl (C=O) groups excluding carboxylic acids is 1. The minimum absolute atomic E-state index is 0.0599. The molecule has 2 aromatic carbocycles. The Kier molecular flexibility index (Phi) is 5.84. The minimum Gasteiger partial charge on any atom is -0.352 e. The predicted molar refractivity (Wildman–Crippen MR) is 107 cm³/mol. The highest BCUT2D eigenvalue weighted by molar-refractivity contribution is 6.35. The van der Waals surface area contributed by atoms with Gasteiger partial charge in [0, 0.05) is 22.2 Å². The molecule has 0 saturated carbocycles. The van der Waals surface area contributed by atoms with E-state index in [-0.39, 0.29) is 5.91 Å². The molecule has 0 fully saturated rings. The van der Waals surface area contributed by atoms with Crippen LogP contribution in [0.25, 0.3) is 11.0 Å². The van der Waals surface area contributed by atoms with Crippen molar-refractivity contribution in [3.05, 3.63) is 63.4 Å². The summed E-state index contributed by atoms with van der Waals surface area (Å²) in [7, 11) is 0. The van der Waals surface area contributed by atoms with E-state index in [1.165, 1.54) is 0 Å². The van der Waals surface area contributed by atoms with Crippen LogP contribution in [0.1, 0.15) is 41.5 Å². The van der Waals surface area contributed by atoms with E-state index in [9.17, 15) is 4.79 Å². The Balaban J connectivity index is 1.93. The number of imidazole rings is 1. The number of hydrogen-bond donors (Lipinski definition) is 1. The zero-order valence-corrected chi connectivity index (χ0v) is 16.4. The molecule has 136 valence electrons. The Bertz CT molecular complexity index is 950. The number of fused-ring (bicyclic) bond motifs is 1. The van der Waals surface area contributed by atoms with Gasteiger partial charge in [0.15, 0.2) is 0 Å². The summed E-state index contributed by atoms with van der Waals surface area (Å²) in [6.07, 6.45) is 2.02. The first-order valence-corrected chi connectivity index (χ1v) is 9.44. The van der Waals surface area contributed by atoms with Crippen LogP contribution in [0.2, 0.25) is 10.0 Å². The number of benzene rings is 2. The summed E-state index contributed by atoms with van der Waals surface area (Å²) in [6, 6.07) is 11.1. The molecule has 1 heterocycles. The molecule has 0 saturated heterocycles. The van der Waals surface area contributed by atoms with Crippen LogP contribution in [0.5, 0.6) is 0 Å². The molecule has 0 radical (unpaired) electrons. The van der Waals surface area contributed by atoms with Gasteiger partial charge in [-0.05, 0) is 49.2 Å². The topological polar surface area (TPSA) is 46.9 Å². The molecule has 3 aromatic rings. The number of amides is 1. The number of aryl methyl sites for hydroxylation is 1. The van der Waals surface area contributed by atoms with Crippen LogP contribution in [0, 0.1) is 6.92 Å². The lowest BCUT2D eigenvalue weighted by Gasteiger charge is -2.10. The third-order valence-electron chi connectivity index (χ3n) is 4.36. The lowest BCUT2D eigenvalue weighted by atomic mass is 10.1. The van der Waals surface area contributed by atoms with Crippen LogP contribution in [0.4, 0.5) is 0 Å². The fourth-order valence-corrected chi connectivity index (χ4v) is 3.35. The number of unbranched alkanes of at least 4 members (excludes halogenated alkanes) is 1. The van der Waals surface area contributed by atoms with E-state index in [1.807, 2.05) is 37.3 Å². The zero-order chi connectivity index (χ0) is 18.7. The average Bonchev–Trinajstić information content (AvgIpc) is 2.92. The number of halogens is 2. The van der Waals surface area contributed by atoms with E-state index in [4.69, 9.17) is 23.2 Å². The second-order valence-corrected chi connectivity index (χ2v) is 7.14. The van der Waals surface area contributed by atoms with E-state index >= 15 is 0 Å². The Morgan fingerprint density at radius 2 is 2.00 bits per heavy atom. The maximum absolute atomic E-state index is 12.4. The van der Waals surface area contributed by atoms with E-state index in [2.05, 4.69) is 21.8 Å². The van der Waals surface area contributed by atoms with Crippen molar-refractivity contribution < 1.29 is 4.79 Å². The van der Waals surface area contributed by atoms with Gasteiger partial charge < -0.3 is 9.88 Å². The number of nitrogens with zero attached hydrogens (tertiary/aromatic N) is 2. The highest BCUT2D eigenvalue weighted by atomic mass is 35.5. The van der Waals surface area contributed by atoms with Crippen molar-refractivity contribution in [1.29, 1.82) is 0 Å². The Hall–Kier alpha value is -2.04. The Morgan fingerprint density at radius 3 is 2.73 bits per heavy atom. The van der Waals surface area contributed by atoms with Crippen molar-refractivity contribution in [3.8, 4) is 0 Å². The van der Waals surface area contributed by atoms with Gasteiger partial charge in [0.2, 0.25) is 0 Å². The van der Waals surface area contributed by atoms with Gasteiger partial charge in [-0.3, -0.25) is 4.79 Å². The van der Waals surface area contributed by atoms with Crippen molar-refractivity contribution in [1.82, 2.24) is 14.9 Å². The van der Waals surface area contributed by atoms with Gasteiger partial charge in [-0.15, -0.1) is 0 Å². The molecule has 1 amide bonds. The molecule has 6 heteroatoms. The largest absolute Gasteiger partial charge is 0.352 e. The molecule has 0 aliphatic heterocycles. The smallest absolute Gasteiger partial charge is 0.251 e. The average molecular weight is 390 g/mol. The molecule has 3 rings (SSSR count). The van der Waals surface area contributed by atoms with Crippen molar-refractivity contribution in [2.45, 2.75) is 33.2 Å². The van der Waals surface area contributed by atoms with E-state index in [1.54, 1.807) is 6.07 Å². The molecule has 0 atom stereocenters. The second-order valence-electron chi connectivity index (χ2n) is 6.29. The van der Waals surface area contributed by atoms with Crippen LogP contribution in [-0.2, 0) is 6.54 Å². The summed E-state index contributed by atoms with van der Waals surface area (Å²) in [5.41, 5.74) is 3.36. The summed E-state index contributed by atoms with van der Waals surface area (Å²) in [5, 5.41) is 4.18. The molecular weight excluding hydrogens is 369 g/mol. The summed E-state index contributed by atoms with van der Waals surface area (Å²) in [5.74, 6) is 0.810. The van der Waals surface area contributed by atoms with Crippen molar-refractivity contribution in [3.63, 3.8) is 0 Å². The molecule has 4 nitrogen and oxygen atoms in total. The number of aromatic nitrogens is 2. The van der Waals surface area contributed by atoms with E-state index < -0.39 is 0 Å². The van der Waals surface area contributed by atoms with Gasteiger partial charge in [0.1, 0.15) is 5.82 Å². The number of hydrogen-bond acceptors (Lipinski definition) is 2. The van der Waals surface area contributed by atoms with Gasteiger partial charge in [0.05, 0.1) is 17.6 Å². The molecule has 1 aromatic heterocycles. The van der Waals surface area contributed by atoms with E-state index in [0.29, 0.717) is 28.7 Å². The normalized spacial score (nSPS) is 11.1. The maximum Gasteiger partial charge on any atom is 0.251 e. The number of rotatable bonds is 6. The van der Waals surface area contributed by atoms with Crippen LogP contribution in [0.3, 0.4) is 0 Å². The van der Waals surface area contributed by atoms with Gasteiger partial charge >= 0.3 is 0 Å². The molecule has 0 aliphatic carbocycles. The molecule has 26 heavy (non-hydrogen) atoms. The van der Waals surface area contributed by atoms with Gasteiger partial charge in [-0.2, -0.15) is 0 Å². The van der Waals surface area contributed by atoms with Gasteiger partial charge in [-0.1, -0.05) is 42.6 Å². The Morgan fingerprint density at radius 1 is 1.19 bits per heavy atom. The highest BCUT2D eigenvalue weighted by Crippen LogP contribution is 2.25. The molecule has 0 bridgehead atoms. The molecule has 1 N–H and O–H groups in total. The van der Waals surface area contributed by atoms with Crippen LogP contribution < -0.4 is 5.32 Å². The maximum atomic E-state index is 12.4. The monoisotopic (exact) mass is 389 g/mol.